The van der Waals surface area contributed by atoms with Crippen molar-refractivity contribution in [2.75, 3.05) is 11.1 Å². The molecule has 0 aliphatic carbocycles. The third-order valence-corrected chi connectivity index (χ3v) is 4.01. The molecule has 0 heterocycles. The highest BCUT2D eigenvalue weighted by molar-refractivity contribution is 5.91. The number of nitrogen functional groups attached to an aromatic ring is 1. The summed E-state index contributed by atoms with van der Waals surface area (Å²) in [5.41, 5.74) is 13.1. The molecule has 0 spiro atoms. The Hall–Kier alpha value is -2.62. The van der Waals surface area contributed by atoms with Crippen molar-refractivity contribution in [3.8, 4) is 11.1 Å². The minimum atomic E-state index is 0.281. The van der Waals surface area contributed by atoms with Gasteiger partial charge in [0.2, 0.25) is 6.41 Å². The van der Waals surface area contributed by atoms with Crippen molar-refractivity contribution in [1.82, 2.24) is 0 Å². The fourth-order valence-electron chi connectivity index (χ4n) is 2.78. The minimum absolute atomic E-state index is 0.281. The largest absolute Gasteiger partial charge is 0.397 e. The van der Waals surface area contributed by atoms with E-state index in [1.165, 1.54) is 5.56 Å². The van der Waals surface area contributed by atoms with E-state index in [4.69, 9.17) is 5.73 Å². The molecule has 4 heteroatoms. The minimum Gasteiger partial charge on any atom is -0.397 e. The molecular formula is C18H20N2O2. The highest BCUT2D eigenvalue weighted by Crippen LogP contribution is 2.39. The van der Waals surface area contributed by atoms with Crippen molar-refractivity contribution in [3.63, 3.8) is 0 Å². The predicted molar refractivity (Wildman–Crippen MR) is 90.0 cm³/mol. The second kappa shape index (κ2) is 6.43. The molecule has 2 aromatic rings. The number of benzene rings is 2. The number of carbonyl (C=O) groups excluding carboxylic acids is 2. The summed E-state index contributed by atoms with van der Waals surface area (Å²) in [4.78, 5) is 21.9. The number of carbonyl (C=O) groups is 2. The van der Waals surface area contributed by atoms with Crippen LogP contribution in [0.4, 0.5) is 11.4 Å². The number of hydrogen-bond donors (Lipinski definition) is 2. The van der Waals surface area contributed by atoms with E-state index in [0.29, 0.717) is 17.8 Å². The molecule has 2 aromatic carbocycles. The zero-order chi connectivity index (χ0) is 16.3. The number of nitrogens with two attached hydrogens (primary N) is 1. The molecule has 0 radical (unpaired) electrons. The summed E-state index contributed by atoms with van der Waals surface area (Å²) in [5, 5.41) is 2.65. The summed E-state index contributed by atoms with van der Waals surface area (Å²) in [6.07, 6.45) is 1.76. The first-order valence-corrected chi connectivity index (χ1v) is 7.13. The fraction of sp³-hybridized carbons (Fsp3) is 0.222. The molecule has 0 saturated heterocycles. The highest BCUT2D eigenvalue weighted by Gasteiger charge is 2.18. The topological polar surface area (TPSA) is 72.2 Å². The van der Waals surface area contributed by atoms with E-state index in [2.05, 4.69) is 5.32 Å². The Morgan fingerprint density at radius 2 is 1.68 bits per heavy atom. The quantitative estimate of drug-likeness (QED) is 0.657. The number of aldehydes is 1. The van der Waals surface area contributed by atoms with Gasteiger partial charge in [0.1, 0.15) is 6.29 Å². The van der Waals surface area contributed by atoms with E-state index in [9.17, 15) is 9.59 Å². The molecule has 0 aromatic heterocycles. The van der Waals surface area contributed by atoms with Gasteiger partial charge in [-0.25, -0.2) is 0 Å². The van der Waals surface area contributed by atoms with Crippen molar-refractivity contribution in [2.45, 2.75) is 27.2 Å². The molecule has 114 valence electrons. The first kappa shape index (κ1) is 15.8. The van der Waals surface area contributed by atoms with Crippen LogP contribution >= 0.6 is 0 Å². The Kier molecular flexibility index (Phi) is 4.61. The van der Waals surface area contributed by atoms with E-state index in [1.54, 1.807) is 0 Å². The molecule has 0 bridgehead atoms. The molecule has 0 atom stereocenters. The lowest BCUT2D eigenvalue weighted by Crippen LogP contribution is -2.09. The van der Waals surface area contributed by atoms with Gasteiger partial charge in [0, 0.05) is 6.42 Å². The summed E-state index contributed by atoms with van der Waals surface area (Å²) in [7, 11) is 0. The van der Waals surface area contributed by atoms with Gasteiger partial charge < -0.3 is 15.8 Å². The van der Waals surface area contributed by atoms with Crippen molar-refractivity contribution in [1.29, 1.82) is 0 Å². The van der Waals surface area contributed by atoms with Crippen molar-refractivity contribution in [2.24, 2.45) is 0 Å². The summed E-state index contributed by atoms with van der Waals surface area (Å²) < 4.78 is 0. The van der Waals surface area contributed by atoms with Crippen LogP contribution in [0.5, 0.6) is 0 Å². The first-order valence-electron chi connectivity index (χ1n) is 7.13. The number of anilines is 2. The van der Waals surface area contributed by atoms with E-state index in [1.807, 2.05) is 45.0 Å². The SMILES string of the molecule is Cc1ccc(-c2c(C)c(N)c(NC=O)c(C)c2CC=O)cc1. The lowest BCUT2D eigenvalue weighted by molar-refractivity contribution is -0.107. The van der Waals surface area contributed by atoms with Crippen LogP contribution < -0.4 is 11.1 Å². The van der Waals surface area contributed by atoms with Crippen LogP contribution in [0.2, 0.25) is 0 Å². The van der Waals surface area contributed by atoms with Crippen molar-refractivity contribution < 1.29 is 9.59 Å². The molecule has 0 fully saturated rings. The number of rotatable bonds is 5. The maximum atomic E-state index is 11.1. The van der Waals surface area contributed by atoms with Crippen LogP contribution in [-0.4, -0.2) is 12.7 Å². The number of nitrogens with one attached hydrogen (secondary N) is 1. The van der Waals surface area contributed by atoms with E-state index in [0.717, 1.165) is 34.1 Å². The average molecular weight is 296 g/mol. The van der Waals surface area contributed by atoms with Crippen LogP contribution in [0.15, 0.2) is 24.3 Å². The highest BCUT2D eigenvalue weighted by atomic mass is 16.1. The molecule has 0 unspecified atom stereocenters. The van der Waals surface area contributed by atoms with Crippen molar-refractivity contribution >= 4 is 24.1 Å². The second-order valence-corrected chi connectivity index (χ2v) is 5.39. The third-order valence-electron chi connectivity index (χ3n) is 4.01. The summed E-state index contributed by atoms with van der Waals surface area (Å²) in [6, 6.07) is 8.11. The van der Waals surface area contributed by atoms with Gasteiger partial charge in [-0.2, -0.15) is 0 Å². The van der Waals surface area contributed by atoms with Crippen LogP contribution in [-0.2, 0) is 16.0 Å². The molecule has 4 nitrogen and oxygen atoms in total. The van der Waals surface area contributed by atoms with Crippen LogP contribution in [0, 0.1) is 20.8 Å². The maximum Gasteiger partial charge on any atom is 0.211 e. The molecule has 0 saturated carbocycles. The molecule has 1 amide bonds. The monoisotopic (exact) mass is 296 g/mol. The smallest absolute Gasteiger partial charge is 0.211 e. The van der Waals surface area contributed by atoms with Crippen LogP contribution in [0.25, 0.3) is 11.1 Å². The third kappa shape index (κ3) is 2.72. The molecule has 0 aliphatic heterocycles. The van der Waals surface area contributed by atoms with Crippen LogP contribution in [0.3, 0.4) is 0 Å². The zero-order valence-electron chi connectivity index (χ0n) is 13.1. The van der Waals surface area contributed by atoms with Gasteiger partial charge in [0.15, 0.2) is 0 Å². The first-order chi connectivity index (χ1) is 10.5. The lowest BCUT2D eigenvalue weighted by atomic mass is 9.87. The Bertz CT molecular complexity index is 719. The molecule has 22 heavy (non-hydrogen) atoms. The van der Waals surface area contributed by atoms with Gasteiger partial charge in [-0.15, -0.1) is 0 Å². The predicted octanol–water partition coefficient (Wildman–Crippen LogP) is 3.17. The number of amides is 1. The van der Waals surface area contributed by atoms with Crippen molar-refractivity contribution in [3.05, 3.63) is 46.5 Å². The van der Waals surface area contributed by atoms with Gasteiger partial charge in [-0.05, 0) is 48.6 Å². The van der Waals surface area contributed by atoms with E-state index in [-0.39, 0.29) is 6.42 Å². The van der Waals surface area contributed by atoms with Gasteiger partial charge in [-0.3, -0.25) is 4.79 Å². The van der Waals surface area contributed by atoms with Gasteiger partial charge in [0.05, 0.1) is 11.4 Å². The molecule has 0 aliphatic rings. The van der Waals surface area contributed by atoms with Crippen LogP contribution in [0.1, 0.15) is 22.3 Å². The Labute approximate surface area is 130 Å². The normalized spacial score (nSPS) is 10.3. The van der Waals surface area contributed by atoms with Gasteiger partial charge in [-0.1, -0.05) is 29.8 Å². The summed E-state index contributed by atoms with van der Waals surface area (Å²) in [5.74, 6) is 0. The summed E-state index contributed by atoms with van der Waals surface area (Å²) >= 11 is 0. The molecule has 2 rings (SSSR count). The summed E-state index contributed by atoms with van der Waals surface area (Å²) in [6.45, 7) is 5.81. The van der Waals surface area contributed by atoms with E-state index >= 15 is 0 Å². The lowest BCUT2D eigenvalue weighted by Gasteiger charge is -2.21. The molecule has 3 N–H and O–H groups in total. The number of aryl methyl sites for hydroxylation is 1. The molecular weight excluding hydrogens is 276 g/mol. The number of hydrogen-bond acceptors (Lipinski definition) is 3. The Morgan fingerprint density at radius 1 is 1.05 bits per heavy atom. The maximum absolute atomic E-state index is 11.1. The zero-order valence-corrected chi connectivity index (χ0v) is 13.1. The van der Waals surface area contributed by atoms with E-state index < -0.39 is 0 Å². The standard InChI is InChI=1S/C18H20N2O2/c1-11-4-6-14(7-5-11)16-13(3)17(19)18(20-10-22)12(2)15(16)8-9-21/h4-7,9-10H,8,19H2,1-3H3,(H,20,22). The van der Waals surface area contributed by atoms with Gasteiger partial charge in [0.25, 0.3) is 0 Å². The Balaban J connectivity index is 2.79. The van der Waals surface area contributed by atoms with Gasteiger partial charge >= 0.3 is 0 Å². The average Bonchev–Trinajstić information content (AvgIpc) is 2.51. The Morgan fingerprint density at radius 3 is 2.23 bits per heavy atom. The second-order valence-electron chi connectivity index (χ2n) is 5.39. The fourth-order valence-corrected chi connectivity index (χ4v) is 2.78.